The lowest BCUT2D eigenvalue weighted by Crippen LogP contribution is -2.34. The molecule has 0 fully saturated rings. The third-order valence-electron chi connectivity index (χ3n) is 4.11. The number of nitrogens with two attached hydrogens (primary N) is 1. The summed E-state index contributed by atoms with van der Waals surface area (Å²) in [5, 5.41) is 0. The van der Waals surface area contributed by atoms with E-state index < -0.39 is 0 Å². The maximum Gasteiger partial charge on any atom is 0.0399 e. The van der Waals surface area contributed by atoms with Crippen LogP contribution in [0.15, 0.2) is 30.4 Å². The molecular formula is C16H22N2. The van der Waals surface area contributed by atoms with Crippen LogP contribution in [-0.4, -0.2) is 19.1 Å². The Hall–Kier alpha value is -1.28. The summed E-state index contributed by atoms with van der Waals surface area (Å²) in [6.07, 6.45) is 8.07. The van der Waals surface area contributed by atoms with Gasteiger partial charge in [0.05, 0.1) is 0 Å². The molecule has 0 spiro atoms. The van der Waals surface area contributed by atoms with Gasteiger partial charge >= 0.3 is 0 Å². The van der Waals surface area contributed by atoms with Gasteiger partial charge in [0.15, 0.2) is 0 Å². The average molecular weight is 242 g/mol. The maximum atomic E-state index is 5.94. The molecular weight excluding hydrogens is 220 g/mol. The smallest absolute Gasteiger partial charge is 0.0399 e. The number of rotatable bonds is 2. The molecule has 0 bridgehead atoms. The van der Waals surface area contributed by atoms with Crippen LogP contribution < -0.4 is 10.6 Å². The van der Waals surface area contributed by atoms with Crippen LogP contribution in [0.5, 0.6) is 0 Å². The fourth-order valence-electron chi connectivity index (χ4n) is 3.22. The van der Waals surface area contributed by atoms with Gasteiger partial charge in [0.25, 0.3) is 0 Å². The minimum absolute atomic E-state index is 0.275. The van der Waals surface area contributed by atoms with E-state index in [0.717, 1.165) is 13.0 Å². The summed E-state index contributed by atoms with van der Waals surface area (Å²) in [6.45, 7) is 4.49. The second kappa shape index (κ2) is 4.77. The van der Waals surface area contributed by atoms with E-state index in [-0.39, 0.29) is 6.04 Å². The standard InChI is InChI=1S/C16H22N2/c1-12-4-7-16-14(9-12)3-2-8-18(16)11-13-5-6-15(17)10-13/h4-7,9,13,15H,2-3,8,10-11,17H2,1H3. The molecule has 0 saturated carbocycles. The van der Waals surface area contributed by atoms with Crippen LogP contribution in [0, 0.1) is 12.8 Å². The summed E-state index contributed by atoms with van der Waals surface area (Å²) in [6, 6.07) is 7.14. The van der Waals surface area contributed by atoms with Crippen molar-refractivity contribution in [1.29, 1.82) is 0 Å². The molecule has 2 N–H and O–H groups in total. The van der Waals surface area contributed by atoms with Gasteiger partial charge in [-0.2, -0.15) is 0 Å². The van der Waals surface area contributed by atoms with E-state index in [2.05, 4.69) is 42.2 Å². The highest BCUT2D eigenvalue weighted by molar-refractivity contribution is 5.56. The van der Waals surface area contributed by atoms with Gasteiger partial charge in [-0.1, -0.05) is 29.8 Å². The van der Waals surface area contributed by atoms with Crippen LogP contribution in [-0.2, 0) is 6.42 Å². The number of anilines is 1. The Morgan fingerprint density at radius 1 is 1.33 bits per heavy atom. The van der Waals surface area contributed by atoms with Crippen LogP contribution in [0.3, 0.4) is 0 Å². The summed E-state index contributed by atoms with van der Waals surface area (Å²) >= 11 is 0. The molecule has 2 heteroatoms. The second-order valence-electron chi connectivity index (χ2n) is 5.73. The normalized spacial score (nSPS) is 26.4. The molecule has 2 aliphatic rings. The van der Waals surface area contributed by atoms with Crippen LogP contribution in [0.1, 0.15) is 24.0 Å². The van der Waals surface area contributed by atoms with Gasteiger partial charge in [-0.25, -0.2) is 0 Å². The zero-order chi connectivity index (χ0) is 12.5. The number of fused-ring (bicyclic) bond motifs is 1. The molecule has 1 aromatic rings. The van der Waals surface area contributed by atoms with E-state index in [1.165, 1.54) is 36.2 Å². The lowest BCUT2D eigenvalue weighted by Gasteiger charge is -2.33. The number of aryl methyl sites for hydroxylation is 2. The zero-order valence-electron chi connectivity index (χ0n) is 11.1. The summed E-state index contributed by atoms with van der Waals surface area (Å²) in [5.41, 5.74) is 10.3. The number of nitrogens with zero attached hydrogens (tertiary/aromatic N) is 1. The quantitative estimate of drug-likeness (QED) is 0.808. The third-order valence-corrected chi connectivity index (χ3v) is 4.11. The molecule has 2 atom stereocenters. The first-order chi connectivity index (χ1) is 8.72. The van der Waals surface area contributed by atoms with E-state index in [0.29, 0.717) is 5.92 Å². The van der Waals surface area contributed by atoms with Gasteiger partial charge in [-0.3, -0.25) is 0 Å². The Morgan fingerprint density at radius 3 is 3.00 bits per heavy atom. The summed E-state index contributed by atoms with van der Waals surface area (Å²) in [4.78, 5) is 2.55. The lowest BCUT2D eigenvalue weighted by molar-refractivity contribution is 0.555. The predicted octanol–water partition coefficient (Wildman–Crippen LogP) is 2.65. The van der Waals surface area contributed by atoms with Crippen molar-refractivity contribution < 1.29 is 0 Å². The van der Waals surface area contributed by atoms with Crippen molar-refractivity contribution in [2.45, 2.75) is 32.2 Å². The molecule has 0 saturated heterocycles. The van der Waals surface area contributed by atoms with Crippen molar-refractivity contribution >= 4 is 5.69 Å². The predicted molar refractivity (Wildman–Crippen MR) is 76.9 cm³/mol. The molecule has 2 unspecified atom stereocenters. The Labute approximate surface area is 109 Å². The SMILES string of the molecule is Cc1ccc2c(c1)CCCN2CC1C=CC(N)C1. The summed E-state index contributed by atoms with van der Waals surface area (Å²) in [7, 11) is 0. The van der Waals surface area contributed by atoms with E-state index in [1.54, 1.807) is 0 Å². The minimum Gasteiger partial charge on any atom is -0.371 e. The van der Waals surface area contributed by atoms with Crippen molar-refractivity contribution in [1.82, 2.24) is 0 Å². The first kappa shape index (κ1) is 11.8. The van der Waals surface area contributed by atoms with Crippen molar-refractivity contribution in [3.05, 3.63) is 41.5 Å². The van der Waals surface area contributed by atoms with Crippen molar-refractivity contribution in [2.75, 3.05) is 18.0 Å². The van der Waals surface area contributed by atoms with Crippen LogP contribution in [0.2, 0.25) is 0 Å². The average Bonchev–Trinajstić information content (AvgIpc) is 2.75. The van der Waals surface area contributed by atoms with Crippen LogP contribution in [0.4, 0.5) is 5.69 Å². The van der Waals surface area contributed by atoms with Gasteiger partial charge in [0.1, 0.15) is 0 Å². The summed E-state index contributed by atoms with van der Waals surface area (Å²) < 4.78 is 0. The highest BCUT2D eigenvalue weighted by atomic mass is 15.1. The minimum atomic E-state index is 0.275. The largest absolute Gasteiger partial charge is 0.371 e. The topological polar surface area (TPSA) is 29.3 Å². The molecule has 1 heterocycles. The molecule has 0 radical (unpaired) electrons. The Morgan fingerprint density at radius 2 is 2.22 bits per heavy atom. The number of hydrogen-bond acceptors (Lipinski definition) is 2. The molecule has 0 aromatic heterocycles. The maximum absolute atomic E-state index is 5.94. The molecule has 96 valence electrons. The molecule has 1 aliphatic heterocycles. The molecule has 1 aliphatic carbocycles. The van der Waals surface area contributed by atoms with E-state index in [1.807, 2.05) is 0 Å². The van der Waals surface area contributed by atoms with Gasteiger partial charge in [0.2, 0.25) is 0 Å². The first-order valence-corrected chi connectivity index (χ1v) is 7.01. The fraction of sp³-hybridized carbons (Fsp3) is 0.500. The van der Waals surface area contributed by atoms with Gasteiger partial charge in [-0.15, -0.1) is 0 Å². The van der Waals surface area contributed by atoms with Gasteiger partial charge in [0, 0.05) is 24.8 Å². The fourth-order valence-corrected chi connectivity index (χ4v) is 3.22. The third kappa shape index (κ3) is 2.30. The van der Waals surface area contributed by atoms with Crippen molar-refractivity contribution in [3.8, 4) is 0 Å². The van der Waals surface area contributed by atoms with E-state index in [9.17, 15) is 0 Å². The molecule has 18 heavy (non-hydrogen) atoms. The Bertz CT molecular complexity index is 464. The monoisotopic (exact) mass is 242 g/mol. The lowest BCUT2D eigenvalue weighted by atomic mass is 9.98. The number of benzene rings is 1. The highest BCUT2D eigenvalue weighted by Gasteiger charge is 2.22. The van der Waals surface area contributed by atoms with Crippen LogP contribution in [0.25, 0.3) is 0 Å². The molecule has 3 rings (SSSR count). The highest BCUT2D eigenvalue weighted by Crippen LogP contribution is 2.30. The van der Waals surface area contributed by atoms with Crippen molar-refractivity contribution in [3.63, 3.8) is 0 Å². The Kier molecular flexibility index (Phi) is 3.13. The van der Waals surface area contributed by atoms with Crippen molar-refractivity contribution in [2.24, 2.45) is 11.7 Å². The van der Waals surface area contributed by atoms with E-state index in [4.69, 9.17) is 5.73 Å². The van der Waals surface area contributed by atoms with Gasteiger partial charge in [-0.05, 0) is 43.7 Å². The number of hydrogen-bond donors (Lipinski definition) is 1. The first-order valence-electron chi connectivity index (χ1n) is 7.01. The van der Waals surface area contributed by atoms with Gasteiger partial charge < -0.3 is 10.6 Å². The zero-order valence-corrected chi connectivity index (χ0v) is 11.1. The molecule has 2 nitrogen and oxygen atoms in total. The second-order valence-corrected chi connectivity index (χ2v) is 5.73. The van der Waals surface area contributed by atoms with Crippen LogP contribution >= 0.6 is 0 Å². The molecule has 1 aromatic carbocycles. The summed E-state index contributed by atoms with van der Waals surface area (Å²) in [5.74, 6) is 0.632. The Balaban J connectivity index is 1.77. The van der Waals surface area contributed by atoms with E-state index >= 15 is 0 Å². The molecule has 0 amide bonds.